The van der Waals surface area contributed by atoms with Crippen molar-refractivity contribution in [1.82, 2.24) is 0 Å². The summed E-state index contributed by atoms with van der Waals surface area (Å²) >= 11 is 2.49. The summed E-state index contributed by atoms with van der Waals surface area (Å²) in [6.45, 7) is 3.11. The minimum Gasteiger partial charge on any atom is -0.378 e. The summed E-state index contributed by atoms with van der Waals surface area (Å²) in [5.41, 5.74) is 0. The first-order chi connectivity index (χ1) is 3.79. The molecule has 0 bridgehead atoms. The van der Waals surface area contributed by atoms with Gasteiger partial charge in [-0.25, -0.2) is 0 Å². The molecule has 0 aromatic rings. The molecule has 0 aromatic heterocycles. The molecule has 0 radical (unpaired) electrons. The Morgan fingerprint density at radius 1 is 1.62 bits per heavy atom. The van der Waals surface area contributed by atoms with E-state index in [2.05, 4.69) is 29.5 Å². The normalized spacial score (nSPS) is 39.8. The van der Waals surface area contributed by atoms with Crippen LogP contribution in [0.3, 0.4) is 0 Å². The Morgan fingerprint density at radius 3 is 2.75 bits per heavy atom. The fourth-order valence-electron chi connectivity index (χ4n) is 0.943. The molecule has 1 rings (SSSR count). The summed E-state index contributed by atoms with van der Waals surface area (Å²) in [5.74, 6) is 0. The van der Waals surface area contributed by atoms with Crippen molar-refractivity contribution >= 4 is 22.6 Å². The lowest BCUT2D eigenvalue weighted by Crippen LogP contribution is -2.22. The molecular formula is C6H11IO. The molecule has 8 heavy (non-hydrogen) atoms. The van der Waals surface area contributed by atoms with E-state index in [9.17, 15) is 0 Å². The molecule has 2 heteroatoms. The Kier molecular flexibility index (Phi) is 2.56. The Balaban J connectivity index is 2.23. The van der Waals surface area contributed by atoms with Gasteiger partial charge in [-0.2, -0.15) is 0 Å². The van der Waals surface area contributed by atoms with Crippen LogP contribution in [0, 0.1) is 0 Å². The molecule has 0 aliphatic carbocycles. The number of hydrogen-bond acceptors (Lipinski definition) is 1. The summed E-state index contributed by atoms with van der Waals surface area (Å²) in [6, 6.07) is 0. The second-order valence-electron chi connectivity index (χ2n) is 2.30. The summed E-state index contributed by atoms with van der Waals surface area (Å²) < 4.78 is 6.20. The number of halogens is 1. The highest BCUT2D eigenvalue weighted by Crippen LogP contribution is 2.19. The van der Waals surface area contributed by atoms with Gasteiger partial charge < -0.3 is 4.74 Å². The summed E-state index contributed by atoms with van der Waals surface area (Å²) in [7, 11) is 0. The molecule has 1 heterocycles. The van der Waals surface area contributed by atoms with Crippen LogP contribution in [0.5, 0.6) is 0 Å². The molecular weight excluding hydrogens is 215 g/mol. The van der Waals surface area contributed by atoms with Crippen LogP contribution in [0.2, 0.25) is 0 Å². The lowest BCUT2D eigenvalue weighted by Gasteiger charge is -2.22. The highest BCUT2D eigenvalue weighted by Gasteiger charge is 2.15. The van der Waals surface area contributed by atoms with Gasteiger partial charge in [-0.15, -0.1) is 0 Å². The van der Waals surface area contributed by atoms with Gasteiger partial charge >= 0.3 is 0 Å². The smallest absolute Gasteiger partial charge is 0.0557 e. The van der Waals surface area contributed by atoms with Gasteiger partial charge in [0.05, 0.1) is 6.10 Å². The summed E-state index contributed by atoms with van der Waals surface area (Å²) in [4.78, 5) is 0. The molecule has 0 unspecified atom stereocenters. The van der Waals surface area contributed by atoms with Crippen molar-refractivity contribution in [2.45, 2.75) is 29.8 Å². The van der Waals surface area contributed by atoms with Crippen molar-refractivity contribution in [2.24, 2.45) is 0 Å². The zero-order chi connectivity index (χ0) is 5.98. The molecule has 48 valence electrons. The first-order valence-electron chi connectivity index (χ1n) is 3.04. The maximum atomic E-state index is 5.34. The van der Waals surface area contributed by atoms with E-state index in [1.165, 1.54) is 12.8 Å². The van der Waals surface area contributed by atoms with Crippen LogP contribution in [0.1, 0.15) is 19.8 Å². The maximum absolute atomic E-state index is 5.34. The number of rotatable bonds is 0. The monoisotopic (exact) mass is 226 g/mol. The van der Waals surface area contributed by atoms with Crippen LogP contribution in [-0.4, -0.2) is 16.6 Å². The average molecular weight is 226 g/mol. The number of hydrogen-bond donors (Lipinski definition) is 0. The molecule has 2 atom stereocenters. The quantitative estimate of drug-likeness (QED) is 0.453. The molecule has 1 nitrogen and oxygen atoms in total. The van der Waals surface area contributed by atoms with Crippen LogP contribution in [0.15, 0.2) is 0 Å². The van der Waals surface area contributed by atoms with Crippen molar-refractivity contribution in [1.29, 1.82) is 0 Å². The molecule has 0 aromatic carbocycles. The molecule has 1 aliphatic rings. The molecule has 1 fully saturated rings. The Bertz CT molecular complexity index is 66.9. The maximum Gasteiger partial charge on any atom is 0.0557 e. The van der Waals surface area contributed by atoms with Crippen LogP contribution in [0.25, 0.3) is 0 Å². The van der Waals surface area contributed by atoms with Crippen LogP contribution in [-0.2, 0) is 4.74 Å². The van der Waals surface area contributed by atoms with Gasteiger partial charge in [-0.3, -0.25) is 0 Å². The van der Waals surface area contributed by atoms with Gasteiger partial charge in [0.15, 0.2) is 0 Å². The topological polar surface area (TPSA) is 9.23 Å². The lowest BCUT2D eigenvalue weighted by molar-refractivity contribution is 0.0335. The van der Waals surface area contributed by atoms with E-state index >= 15 is 0 Å². The van der Waals surface area contributed by atoms with Crippen molar-refractivity contribution in [2.75, 3.05) is 6.61 Å². The third kappa shape index (κ3) is 1.90. The highest BCUT2D eigenvalue weighted by atomic mass is 127. The first-order valence-corrected chi connectivity index (χ1v) is 4.29. The Hall–Kier alpha value is 0.690. The molecule has 0 saturated carbocycles. The molecule has 1 aliphatic heterocycles. The van der Waals surface area contributed by atoms with Crippen molar-refractivity contribution in [3.8, 4) is 0 Å². The zero-order valence-corrected chi connectivity index (χ0v) is 7.22. The fourth-order valence-corrected chi connectivity index (χ4v) is 1.91. The van der Waals surface area contributed by atoms with Gasteiger partial charge in [0.1, 0.15) is 0 Å². The van der Waals surface area contributed by atoms with E-state index in [0.29, 0.717) is 6.10 Å². The first kappa shape index (κ1) is 6.81. The van der Waals surface area contributed by atoms with Crippen LogP contribution in [0.4, 0.5) is 0 Å². The largest absolute Gasteiger partial charge is 0.378 e. The summed E-state index contributed by atoms with van der Waals surface area (Å²) in [5, 5.41) is 0. The van der Waals surface area contributed by atoms with Gasteiger partial charge in [0.25, 0.3) is 0 Å². The predicted octanol–water partition coefficient (Wildman–Crippen LogP) is 1.99. The molecule has 0 N–H and O–H groups in total. The molecule has 0 spiro atoms. The van der Waals surface area contributed by atoms with Crippen LogP contribution < -0.4 is 0 Å². The molecule has 0 amide bonds. The number of alkyl halides is 1. The van der Waals surface area contributed by atoms with E-state index in [0.717, 1.165) is 10.5 Å². The van der Waals surface area contributed by atoms with Crippen LogP contribution >= 0.6 is 22.6 Å². The second kappa shape index (κ2) is 3.01. The minimum atomic E-state index is 0.505. The van der Waals surface area contributed by atoms with E-state index in [1.54, 1.807) is 0 Å². The Labute approximate surface area is 63.9 Å². The summed E-state index contributed by atoms with van der Waals surface area (Å²) in [6.07, 6.45) is 2.98. The van der Waals surface area contributed by atoms with Gasteiger partial charge in [-0.1, -0.05) is 22.6 Å². The van der Waals surface area contributed by atoms with E-state index in [-0.39, 0.29) is 0 Å². The lowest BCUT2D eigenvalue weighted by atomic mass is 10.1. The van der Waals surface area contributed by atoms with Crippen molar-refractivity contribution < 1.29 is 4.74 Å². The average Bonchev–Trinajstić information content (AvgIpc) is 1.64. The highest BCUT2D eigenvalue weighted by molar-refractivity contribution is 14.1. The second-order valence-corrected chi connectivity index (χ2v) is 4.06. The van der Waals surface area contributed by atoms with Gasteiger partial charge in [0, 0.05) is 10.5 Å². The van der Waals surface area contributed by atoms with E-state index < -0.39 is 0 Å². The fraction of sp³-hybridized carbons (Fsp3) is 1.00. The van der Waals surface area contributed by atoms with Gasteiger partial charge in [0.2, 0.25) is 0 Å². The Morgan fingerprint density at radius 2 is 2.38 bits per heavy atom. The van der Waals surface area contributed by atoms with E-state index in [1.807, 2.05) is 0 Å². The standard InChI is InChI=1S/C6H11IO/c1-5-4-6(7)2-3-8-5/h5-6H,2-4H2,1H3/t5-,6+/m1/s1. The van der Waals surface area contributed by atoms with Crippen molar-refractivity contribution in [3.05, 3.63) is 0 Å². The third-order valence-corrected chi connectivity index (χ3v) is 2.55. The third-order valence-electron chi connectivity index (χ3n) is 1.42. The SMILES string of the molecule is C[C@@H]1C[C@@H](I)CCO1. The minimum absolute atomic E-state index is 0.505. The molecule has 1 saturated heterocycles. The van der Waals surface area contributed by atoms with Gasteiger partial charge in [-0.05, 0) is 19.8 Å². The predicted molar refractivity (Wildman–Crippen MR) is 42.5 cm³/mol. The zero-order valence-electron chi connectivity index (χ0n) is 5.06. The van der Waals surface area contributed by atoms with E-state index in [4.69, 9.17) is 4.74 Å². The number of ether oxygens (including phenoxy) is 1. The van der Waals surface area contributed by atoms with Crippen molar-refractivity contribution in [3.63, 3.8) is 0 Å².